The van der Waals surface area contributed by atoms with Gasteiger partial charge in [-0.15, -0.1) is 0 Å². The zero-order chi connectivity index (χ0) is 25.8. The first-order chi connectivity index (χ1) is 18.0. The number of amides is 1. The zero-order valence-corrected chi connectivity index (χ0v) is 19.9. The second kappa shape index (κ2) is 10.8. The summed E-state index contributed by atoms with van der Waals surface area (Å²) in [5.41, 5.74) is 1.23. The van der Waals surface area contributed by atoms with Crippen molar-refractivity contribution in [2.75, 3.05) is 13.1 Å². The summed E-state index contributed by atoms with van der Waals surface area (Å²) in [6.45, 7) is 1.96. The quantitative estimate of drug-likeness (QED) is 0.401. The molecule has 4 aromatic rings. The topological polar surface area (TPSA) is 98.1 Å². The lowest BCUT2D eigenvalue weighted by molar-refractivity contribution is 0.0948. The number of piperidine rings is 1. The number of carbonyl (C=O) groups excluding carboxylic acids is 1. The van der Waals surface area contributed by atoms with Crippen LogP contribution in [0.3, 0.4) is 0 Å². The predicted octanol–water partition coefficient (Wildman–Crippen LogP) is 3.18. The van der Waals surface area contributed by atoms with Crippen molar-refractivity contribution in [1.82, 2.24) is 25.2 Å². The Morgan fingerprint density at radius 3 is 2.70 bits per heavy atom. The van der Waals surface area contributed by atoms with Gasteiger partial charge in [0.05, 0.1) is 18.4 Å². The molecule has 190 valence electrons. The highest BCUT2D eigenvalue weighted by molar-refractivity contribution is 5.93. The Bertz CT molecular complexity index is 1500. The fourth-order valence-electron chi connectivity index (χ4n) is 4.31. The van der Waals surface area contributed by atoms with Gasteiger partial charge in [0.2, 0.25) is 0 Å². The fraction of sp³-hybridized carbons (Fsp3) is 0.259. The fourth-order valence-corrected chi connectivity index (χ4v) is 4.31. The molecule has 3 heterocycles. The first-order valence-electron chi connectivity index (χ1n) is 12.0. The molecule has 0 radical (unpaired) electrons. The largest absolute Gasteiger partial charge is 0.490 e. The summed E-state index contributed by atoms with van der Waals surface area (Å²) in [6, 6.07) is 10.9. The highest BCUT2D eigenvalue weighted by Crippen LogP contribution is 2.27. The minimum Gasteiger partial charge on any atom is -0.490 e. The molecule has 0 atom stereocenters. The van der Waals surface area contributed by atoms with Gasteiger partial charge in [-0.05, 0) is 67.4 Å². The Balaban J connectivity index is 1.30. The van der Waals surface area contributed by atoms with E-state index in [1.807, 2.05) is 24.3 Å². The number of fused-ring (bicyclic) bond motifs is 1. The normalized spacial score (nSPS) is 14.0. The predicted molar refractivity (Wildman–Crippen MR) is 133 cm³/mol. The summed E-state index contributed by atoms with van der Waals surface area (Å²) >= 11 is 0. The number of nitrogens with one attached hydrogen (secondary N) is 2. The van der Waals surface area contributed by atoms with Crippen LogP contribution >= 0.6 is 0 Å². The SMILES string of the molecule is O=C(NCc1ccc2nccc(OC3CCNCC3)c2c1)c1cncn(Cc2ccc(F)c(F)c2)c1=O. The van der Waals surface area contributed by atoms with E-state index in [0.717, 1.165) is 60.3 Å². The molecule has 1 saturated heterocycles. The van der Waals surface area contributed by atoms with Gasteiger partial charge in [0.25, 0.3) is 11.5 Å². The van der Waals surface area contributed by atoms with E-state index in [-0.39, 0.29) is 24.8 Å². The summed E-state index contributed by atoms with van der Waals surface area (Å²) in [6.07, 6.45) is 6.15. The molecule has 1 fully saturated rings. The molecule has 1 amide bonds. The lowest BCUT2D eigenvalue weighted by Crippen LogP contribution is -2.34. The molecular weight excluding hydrogens is 480 g/mol. The van der Waals surface area contributed by atoms with E-state index in [2.05, 4.69) is 20.6 Å². The number of ether oxygens (including phenoxy) is 1. The molecule has 8 nitrogen and oxygen atoms in total. The standard InChI is InChI=1S/C27H25F2N5O3/c28-22-3-1-18(12-23(22)29)15-34-16-31-14-21(27(34)36)26(35)33-13-17-2-4-24-20(11-17)25(7-10-32-24)37-19-5-8-30-9-6-19/h1-4,7,10-12,14,16,19,30H,5-6,8-9,13,15H2,(H,33,35). The van der Waals surface area contributed by atoms with Crippen molar-refractivity contribution in [3.63, 3.8) is 0 Å². The number of aromatic nitrogens is 3. The maximum atomic E-state index is 13.5. The Hall–Kier alpha value is -4.18. The van der Waals surface area contributed by atoms with Gasteiger partial charge in [-0.2, -0.15) is 0 Å². The average molecular weight is 506 g/mol. The molecule has 37 heavy (non-hydrogen) atoms. The van der Waals surface area contributed by atoms with Gasteiger partial charge >= 0.3 is 0 Å². The van der Waals surface area contributed by atoms with Crippen LogP contribution < -0.4 is 20.9 Å². The van der Waals surface area contributed by atoms with Gasteiger partial charge in [0.15, 0.2) is 11.6 Å². The highest BCUT2D eigenvalue weighted by atomic mass is 19.2. The van der Waals surface area contributed by atoms with E-state index in [1.165, 1.54) is 23.2 Å². The van der Waals surface area contributed by atoms with Gasteiger partial charge in [-0.1, -0.05) is 12.1 Å². The number of halogens is 2. The maximum absolute atomic E-state index is 13.5. The van der Waals surface area contributed by atoms with Gasteiger partial charge in [-0.25, -0.2) is 13.8 Å². The van der Waals surface area contributed by atoms with Crippen molar-refractivity contribution >= 4 is 16.8 Å². The van der Waals surface area contributed by atoms with Crippen LogP contribution in [0.2, 0.25) is 0 Å². The molecule has 0 bridgehead atoms. The summed E-state index contributed by atoms with van der Waals surface area (Å²) < 4.78 is 34.2. The number of benzene rings is 2. The number of rotatable bonds is 7. The molecule has 1 aliphatic rings. The minimum absolute atomic E-state index is 0.0539. The molecule has 0 aliphatic carbocycles. The van der Waals surface area contributed by atoms with Gasteiger partial charge in [0, 0.05) is 24.3 Å². The van der Waals surface area contributed by atoms with E-state index in [0.29, 0.717) is 5.56 Å². The Kier molecular flexibility index (Phi) is 7.18. The lowest BCUT2D eigenvalue weighted by atomic mass is 10.1. The van der Waals surface area contributed by atoms with Crippen LogP contribution in [0, 0.1) is 11.6 Å². The molecule has 5 rings (SSSR count). The van der Waals surface area contributed by atoms with Gasteiger partial charge in [0.1, 0.15) is 17.4 Å². The number of nitrogens with zero attached hydrogens (tertiary/aromatic N) is 3. The lowest BCUT2D eigenvalue weighted by Gasteiger charge is -2.24. The monoisotopic (exact) mass is 505 g/mol. The van der Waals surface area contributed by atoms with Crippen molar-refractivity contribution in [3.8, 4) is 5.75 Å². The third-order valence-electron chi connectivity index (χ3n) is 6.28. The van der Waals surface area contributed by atoms with Crippen molar-refractivity contribution in [1.29, 1.82) is 0 Å². The first kappa shape index (κ1) is 24.5. The summed E-state index contributed by atoms with van der Waals surface area (Å²) in [7, 11) is 0. The van der Waals surface area contributed by atoms with Gasteiger partial charge in [-0.3, -0.25) is 19.1 Å². The van der Waals surface area contributed by atoms with E-state index in [9.17, 15) is 18.4 Å². The molecule has 0 unspecified atom stereocenters. The average Bonchev–Trinajstić information content (AvgIpc) is 2.91. The van der Waals surface area contributed by atoms with Crippen LogP contribution in [0.1, 0.15) is 34.3 Å². The zero-order valence-electron chi connectivity index (χ0n) is 19.9. The Morgan fingerprint density at radius 1 is 1.08 bits per heavy atom. The maximum Gasteiger partial charge on any atom is 0.266 e. The van der Waals surface area contributed by atoms with E-state index < -0.39 is 23.1 Å². The number of pyridine rings is 1. The number of carbonyl (C=O) groups is 1. The molecule has 2 aromatic carbocycles. The number of hydrogen-bond donors (Lipinski definition) is 2. The van der Waals surface area contributed by atoms with Gasteiger partial charge < -0.3 is 15.4 Å². The molecular formula is C27H25F2N5O3. The summed E-state index contributed by atoms with van der Waals surface area (Å²) in [5, 5.41) is 6.93. The van der Waals surface area contributed by atoms with Crippen molar-refractivity contribution in [2.24, 2.45) is 0 Å². The van der Waals surface area contributed by atoms with Crippen LogP contribution in [-0.4, -0.2) is 39.6 Å². The second-order valence-corrected chi connectivity index (χ2v) is 8.90. The van der Waals surface area contributed by atoms with Crippen LogP contribution in [0.5, 0.6) is 5.75 Å². The Labute approximate surface area is 211 Å². The molecule has 0 saturated carbocycles. The minimum atomic E-state index is -1.01. The summed E-state index contributed by atoms with van der Waals surface area (Å²) in [5.74, 6) is -1.83. The first-order valence-corrected chi connectivity index (χ1v) is 12.0. The van der Waals surface area contributed by atoms with Crippen molar-refractivity contribution < 1.29 is 18.3 Å². The van der Waals surface area contributed by atoms with Crippen LogP contribution in [0.4, 0.5) is 8.78 Å². The molecule has 0 spiro atoms. The third-order valence-corrected chi connectivity index (χ3v) is 6.28. The van der Waals surface area contributed by atoms with Crippen LogP contribution in [0.25, 0.3) is 10.9 Å². The Morgan fingerprint density at radius 2 is 1.89 bits per heavy atom. The smallest absolute Gasteiger partial charge is 0.266 e. The molecule has 2 N–H and O–H groups in total. The number of hydrogen-bond acceptors (Lipinski definition) is 6. The molecule has 1 aliphatic heterocycles. The highest BCUT2D eigenvalue weighted by Gasteiger charge is 2.17. The third kappa shape index (κ3) is 5.64. The van der Waals surface area contributed by atoms with Crippen molar-refractivity contribution in [2.45, 2.75) is 32.0 Å². The molecule has 10 heteroatoms. The summed E-state index contributed by atoms with van der Waals surface area (Å²) in [4.78, 5) is 34.0. The van der Waals surface area contributed by atoms with E-state index in [1.54, 1.807) is 6.20 Å². The van der Waals surface area contributed by atoms with E-state index in [4.69, 9.17) is 4.74 Å². The van der Waals surface area contributed by atoms with Crippen LogP contribution in [0.15, 0.2) is 66.0 Å². The van der Waals surface area contributed by atoms with Crippen molar-refractivity contribution in [3.05, 3.63) is 99.9 Å². The van der Waals surface area contributed by atoms with E-state index >= 15 is 0 Å². The van der Waals surface area contributed by atoms with Crippen LogP contribution in [-0.2, 0) is 13.1 Å². The molecule has 2 aromatic heterocycles. The second-order valence-electron chi connectivity index (χ2n) is 8.90.